The van der Waals surface area contributed by atoms with Gasteiger partial charge in [0.15, 0.2) is 0 Å². The highest BCUT2D eigenvalue weighted by molar-refractivity contribution is 5.93. The number of rotatable bonds is 5. The maximum Gasteiger partial charge on any atom is 0.238 e. The molecule has 0 aromatic heterocycles. The molecule has 2 rings (SSSR count). The van der Waals surface area contributed by atoms with E-state index in [2.05, 4.69) is 31.3 Å². The van der Waals surface area contributed by atoms with Gasteiger partial charge in [-0.1, -0.05) is 50.2 Å². The van der Waals surface area contributed by atoms with Gasteiger partial charge in [0.25, 0.3) is 0 Å². The number of methoxy groups -OCH3 is 1. The van der Waals surface area contributed by atoms with E-state index in [1.165, 1.54) is 5.56 Å². The smallest absolute Gasteiger partial charge is 0.238 e. The van der Waals surface area contributed by atoms with Crippen LogP contribution in [0.5, 0.6) is 5.75 Å². The Hall–Kier alpha value is -2.80. The first kappa shape index (κ1) is 16.6. The average Bonchev–Trinajstić information content (AvgIpc) is 2.55. The van der Waals surface area contributed by atoms with Gasteiger partial charge in [-0.15, -0.1) is 0 Å². The number of nitrogens with one attached hydrogen (secondary N) is 1. The lowest BCUT2D eigenvalue weighted by molar-refractivity contribution is -0.115. The third kappa shape index (κ3) is 3.70. The average molecular weight is 308 g/mol. The van der Waals surface area contributed by atoms with Crippen molar-refractivity contribution in [1.29, 1.82) is 5.26 Å². The predicted molar refractivity (Wildman–Crippen MR) is 90.4 cm³/mol. The van der Waals surface area contributed by atoms with Crippen LogP contribution in [0.1, 0.15) is 31.4 Å². The van der Waals surface area contributed by atoms with E-state index in [0.717, 1.165) is 5.56 Å². The number of anilines is 1. The quantitative estimate of drug-likeness (QED) is 0.912. The Morgan fingerprint density at radius 2 is 1.87 bits per heavy atom. The summed E-state index contributed by atoms with van der Waals surface area (Å²) in [5.41, 5.74) is 2.59. The number of carbonyl (C=O) groups excluding carboxylic acids is 1. The minimum atomic E-state index is -0.347. The second kappa shape index (κ2) is 6.97. The Morgan fingerprint density at radius 1 is 1.17 bits per heavy atom. The number of hydrogen-bond donors (Lipinski definition) is 1. The van der Waals surface area contributed by atoms with Gasteiger partial charge in [-0.25, -0.2) is 0 Å². The summed E-state index contributed by atoms with van der Waals surface area (Å²) in [7, 11) is 1.55. The van der Waals surface area contributed by atoms with Gasteiger partial charge >= 0.3 is 0 Å². The molecule has 2 aromatic rings. The zero-order chi connectivity index (χ0) is 16.9. The van der Waals surface area contributed by atoms with E-state index in [9.17, 15) is 4.79 Å². The Labute approximate surface area is 136 Å². The number of hydrogen-bond acceptors (Lipinski definition) is 3. The molecule has 4 nitrogen and oxygen atoms in total. The van der Waals surface area contributed by atoms with Crippen LogP contribution in [0.2, 0.25) is 0 Å². The molecular formula is C19H20N2O2. The molecule has 0 fully saturated rings. The van der Waals surface area contributed by atoms with Crippen molar-refractivity contribution in [2.75, 3.05) is 12.4 Å². The van der Waals surface area contributed by atoms with Gasteiger partial charge in [0.1, 0.15) is 12.2 Å². The van der Waals surface area contributed by atoms with Crippen LogP contribution in [0.4, 0.5) is 5.69 Å². The molecule has 118 valence electrons. The summed E-state index contributed by atoms with van der Waals surface area (Å²) < 4.78 is 5.30. The fraction of sp³-hybridized carbons (Fsp3) is 0.263. The Balaban J connectivity index is 2.41. The fourth-order valence-corrected chi connectivity index (χ4v) is 2.48. The van der Waals surface area contributed by atoms with Crippen molar-refractivity contribution in [3.05, 3.63) is 59.7 Å². The molecule has 0 aliphatic carbocycles. The molecule has 1 amide bonds. The van der Waals surface area contributed by atoms with E-state index >= 15 is 0 Å². The lowest BCUT2D eigenvalue weighted by Gasteiger charge is -2.27. The molecule has 0 saturated heterocycles. The maximum atomic E-state index is 11.7. The SMILES string of the molecule is COc1ccc(C(C)(C)c2ccccc2)cc1NC(=O)CC#N. The standard InChI is InChI=1S/C19H20N2O2/c1-19(2,14-7-5-4-6-8-14)15-9-10-17(23-3)16(13-15)21-18(22)11-12-20/h4-10,13H,11H2,1-3H3,(H,21,22). The van der Waals surface area contributed by atoms with E-state index in [1.54, 1.807) is 7.11 Å². The largest absolute Gasteiger partial charge is 0.495 e. The predicted octanol–water partition coefficient (Wildman–Crippen LogP) is 3.87. The summed E-state index contributed by atoms with van der Waals surface area (Å²) in [6, 6.07) is 17.7. The highest BCUT2D eigenvalue weighted by atomic mass is 16.5. The van der Waals surface area contributed by atoms with Crippen molar-refractivity contribution < 1.29 is 9.53 Å². The lowest BCUT2D eigenvalue weighted by Crippen LogP contribution is -2.19. The summed E-state index contributed by atoms with van der Waals surface area (Å²) in [5.74, 6) is 0.226. The van der Waals surface area contributed by atoms with Crippen LogP contribution in [0.3, 0.4) is 0 Å². The first-order valence-electron chi connectivity index (χ1n) is 7.40. The maximum absolute atomic E-state index is 11.7. The first-order valence-corrected chi connectivity index (χ1v) is 7.40. The fourth-order valence-electron chi connectivity index (χ4n) is 2.48. The highest BCUT2D eigenvalue weighted by Gasteiger charge is 2.24. The van der Waals surface area contributed by atoms with Crippen molar-refractivity contribution in [1.82, 2.24) is 0 Å². The second-order valence-corrected chi connectivity index (χ2v) is 5.79. The van der Waals surface area contributed by atoms with Crippen LogP contribution < -0.4 is 10.1 Å². The van der Waals surface area contributed by atoms with Crippen molar-refractivity contribution in [2.24, 2.45) is 0 Å². The number of nitrogens with zero attached hydrogens (tertiary/aromatic N) is 1. The zero-order valence-electron chi connectivity index (χ0n) is 13.6. The van der Waals surface area contributed by atoms with Gasteiger partial charge in [0, 0.05) is 5.41 Å². The van der Waals surface area contributed by atoms with E-state index in [1.807, 2.05) is 42.5 Å². The number of ether oxygens (including phenoxy) is 1. The number of nitriles is 1. The molecule has 0 atom stereocenters. The Kier molecular flexibility index (Phi) is 5.02. The lowest BCUT2D eigenvalue weighted by atomic mass is 9.78. The second-order valence-electron chi connectivity index (χ2n) is 5.79. The molecule has 0 heterocycles. The van der Waals surface area contributed by atoms with Gasteiger partial charge < -0.3 is 10.1 Å². The van der Waals surface area contributed by atoms with E-state index in [0.29, 0.717) is 11.4 Å². The van der Waals surface area contributed by atoms with Crippen LogP contribution in [0, 0.1) is 11.3 Å². The van der Waals surface area contributed by atoms with Crippen molar-refractivity contribution >= 4 is 11.6 Å². The molecular weight excluding hydrogens is 288 g/mol. The summed E-state index contributed by atoms with van der Waals surface area (Å²) in [5, 5.41) is 11.4. The Morgan fingerprint density at radius 3 is 2.48 bits per heavy atom. The van der Waals surface area contributed by atoms with Crippen molar-refractivity contribution in [3.8, 4) is 11.8 Å². The minimum absolute atomic E-state index is 0.185. The molecule has 0 aliphatic rings. The molecule has 0 saturated carbocycles. The van der Waals surface area contributed by atoms with Crippen molar-refractivity contribution in [2.45, 2.75) is 25.7 Å². The normalized spacial score (nSPS) is 10.7. The molecule has 4 heteroatoms. The molecule has 0 radical (unpaired) electrons. The van der Waals surface area contributed by atoms with Gasteiger partial charge in [-0.05, 0) is 23.3 Å². The van der Waals surface area contributed by atoms with Gasteiger partial charge in [0.2, 0.25) is 5.91 Å². The monoisotopic (exact) mass is 308 g/mol. The summed E-state index contributed by atoms with van der Waals surface area (Å²) in [6.07, 6.45) is -0.185. The molecule has 0 bridgehead atoms. The third-order valence-corrected chi connectivity index (χ3v) is 3.93. The summed E-state index contributed by atoms with van der Waals surface area (Å²) in [6.45, 7) is 4.26. The van der Waals surface area contributed by atoms with Crippen LogP contribution in [0.15, 0.2) is 48.5 Å². The Bertz CT molecular complexity index is 731. The molecule has 23 heavy (non-hydrogen) atoms. The first-order chi connectivity index (χ1) is 11.0. The van der Waals surface area contributed by atoms with Crippen LogP contribution >= 0.6 is 0 Å². The van der Waals surface area contributed by atoms with Gasteiger partial charge in [-0.2, -0.15) is 5.26 Å². The topological polar surface area (TPSA) is 62.1 Å². The summed E-state index contributed by atoms with van der Waals surface area (Å²) >= 11 is 0. The third-order valence-electron chi connectivity index (χ3n) is 3.93. The van der Waals surface area contributed by atoms with E-state index < -0.39 is 0 Å². The van der Waals surface area contributed by atoms with Gasteiger partial charge in [-0.3, -0.25) is 4.79 Å². The molecule has 0 spiro atoms. The summed E-state index contributed by atoms with van der Waals surface area (Å²) in [4.78, 5) is 11.7. The molecule has 0 aliphatic heterocycles. The molecule has 2 aromatic carbocycles. The number of benzene rings is 2. The van der Waals surface area contributed by atoms with E-state index in [4.69, 9.17) is 10.00 Å². The molecule has 1 N–H and O–H groups in total. The highest BCUT2D eigenvalue weighted by Crippen LogP contribution is 2.35. The van der Waals surface area contributed by atoms with E-state index in [-0.39, 0.29) is 17.7 Å². The van der Waals surface area contributed by atoms with Crippen molar-refractivity contribution in [3.63, 3.8) is 0 Å². The minimum Gasteiger partial charge on any atom is -0.495 e. The van der Waals surface area contributed by atoms with Gasteiger partial charge in [0.05, 0.1) is 18.9 Å². The molecule has 0 unspecified atom stereocenters. The zero-order valence-corrected chi connectivity index (χ0v) is 13.6. The number of amides is 1. The number of carbonyl (C=O) groups is 1. The van der Waals surface area contributed by atoms with Crippen LogP contribution in [0.25, 0.3) is 0 Å². The van der Waals surface area contributed by atoms with Crippen LogP contribution in [-0.2, 0) is 10.2 Å². The van der Waals surface area contributed by atoms with Crippen LogP contribution in [-0.4, -0.2) is 13.0 Å².